The summed E-state index contributed by atoms with van der Waals surface area (Å²) < 4.78 is 6.00. The monoisotopic (exact) mass is 488 g/mol. The third-order valence-electron chi connectivity index (χ3n) is 4.51. The van der Waals surface area contributed by atoms with Crippen LogP contribution in [-0.4, -0.2) is 50.1 Å². The van der Waals surface area contributed by atoms with E-state index in [0.29, 0.717) is 49.5 Å². The lowest BCUT2D eigenvalue weighted by atomic mass is 9.97. The van der Waals surface area contributed by atoms with Crippen molar-refractivity contribution in [2.75, 3.05) is 45.8 Å². The molecule has 0 radical (unpaired) electrons. The number of aromatic nitrogens is 1. The predicted molar refractivity (Wildman–Crippen MR) is 124 cm³/mol. The van der Waals surface area contributed by atoms with Gasteiger partial charge in [-0.05, 0) is 47.7 Å². The van der Waals surface area contributed by atoms with Crippen LogP contribution in [0, 0.1) is 11.3 Å². The first-order valence-electron chi connectivity index (χ1n) is 8.96. The molecule has 0 aliphatic carbocycles. The summed E-state index contributed by atoms with van der Waals surface area (Å²) in [5.74, 6) is 0.457. The molecule has 0 saturated heterocycles. The van der Waals surface area contributed by atoms with Gasteiger partial charge in [0, 0.05) is 24.0 Å². The van der Waals surface area contributed by atoms with E-state index in [-0.39, 0.29) is 23.0 Å². The number of nitriles is 1. The van der Waals surface area contributed by atoms with Gasteiger partial charge in [0.05, 0.1) is 17.3 Å². The van der Waals surface area contributed by atoms with E-state index >= 15 is 0 Å². The number of fused-ring (bicyclic) bond motifs is 1. The molecule has 5 N–H and O–H groups in total. The van der Waals surface area contributed by atoms with E-state index in [9.17, 15) is 10.1 Å². The molecule has 2 heterocycles. The van der Waals surface area contributed by atoms with Crippen molar-refractivity contribution in [2.24, 2.45) is 0 Å². The van der Waals surface area contributed by atoms with Gasteiger partial charge in [0.25, 0.3) is 5.91 Å². The van der Waals surface area contributed by atoms with E-state index in [0.717, 1.165) is 11.3 Å². The van der Waals surface area contributed by atoms with Crippen molar-refractivity contribution >= 4 is 54.9 Å². The van der Waals surface area contributed by atoms with Crippen molar-refractivity contribution in [3.63, 3.8) is 0 Å². The molecular formula is C20H21BrN6O2S. The lowest BCUT2D eigenvalue weighted by molar-refractivity contribution is 0.0956. The van der Waals surface area contributed by atoms with Crippen molar-refractivity contribution in [3.8, 4) is 22.9 Å². The Hall–Kier alpha value is -2.87. The summed E-state index contributed by atoms with van der Waals surface area (Å²) in [5.41, 5.74) is 14.2. The third kappa shape index (κ3) is 4.05. The number of halogens is 1. The molecule has 0 spiro atoms. The fraction of sp³-hybridized carbons (Fsp3) is 0.250. The van der Waals surface area contributed by atoms with E-state index in [1.54, 1.807) is 13.2 Å². The highest BCUT2D eigenvalue weighted by atomic mass is 79.9. The number of methoxy groups -OCH3 is 1. The van der Waals surface area contributed by atoms with Gasteiger partial charge in [-0.15, -0.1) is 11.3 Å². The summed E-state index contributed by atoms with van der Waals surface area (Å²) in [4.78, 5) is 19.8. The second-order valence-corrected chi connectivity index (χ2v) is 8.65. The molecule has 0 unspecified atom stereocenters. The van der Waals surface area contributed by atoms with E-state index in [1.165, 1.54) is 0 Å². The van der Waals surface area contributed by atoms with Crippen LogP contribution in [0.5, 0.6) is 5.75 Å². The molecule has 3 aromatic rings. The van der Waals surface area contributed by atoms with Gasteiger partial charge in [-0.3, -0.25) is 4.79 Å². The van der Waals surface area contributed by atoms with Crippen molar-refractivity contribution in [2.45, 2.75) is 0 Å². The Bertz CT molecular complexity index is 1170. The van der Waals surface area contributed by atoms with Crippen LogP contribution in [0.4, 0.5) is 11.5 Å². The van der Waals surface area contributed by atoms with Crippen molar-refractivity contribution in [1.29, 1.82) is 5.26 Å². The largest absolute Gasteiger partial charge is 0.496 e. The minimum Gasteiger partial charge on any atom is -0.496 e. The normalized spacial score (nSPS) is 10.9. The van der Waals surface area contributed by atoms with Gasteiger partial charge in [-0.2, -0.15) is 5.26 Å². The Labute approximate surface area is 186 Å². The summed E-state index contributed by atoms with van der Waals surface area (Å²) in [6, 6.07) is 7.54. The van der Waals surface area contributed by atoms with Crippen molar-refractivity contribution in [3.05, 3.63) is 33.1 Å². The molecule has 0 fully saturated rings. The summed E-state index contributed by atoms with van der Waals surface area (Å²) in [7, 11) is 5.42. The number of hydrogen-bond donors (Lipinski definition) is 3. The highest BCUT2D eigenvalue weighted by Gasteiger charge is 2.24. The number of nitrogen functional groups attached to an aromatic ring is 2. The molecule has 0 aliphatic rings. The van der Waals surface area contributed by atoms with Crippen LogP contribution in [-0.2, 0) is 0 Å². The Balaban J connectivity index is 2.19. The Morgan fingerprint density at radius 3 is 2.73 bits per heavy atom. The van der Waals surface area contributed by atoms with Crippen LogP contribution >= 0.6 is 27.3 Å². The molecule has 1 amide bonds. The zero-order chi connectivity index (χ0) is 22.0. The quantitative estimate of drug-likeness (QED) is 0.485. The Morgan fingerprint density at radius 1 is 1.40 bits per heavy atom. The van der Waals surface area contributed by atoms with Crippen LogP contribution in [0.3, 0.4) is 0 Å². The number of thiophene rings is 1. The fourth-order valence-electron chi connectivity index (χ4n) is 3.04. The number of amides is 1. The third-order valence-corrected chi connectivity index (χ3v) is 6.23. The number of nitrogens with two attached hydrogens (primary N) is 2. The highest BCUT2D eigenvalue weighted by molar-refractivity contribution is 9.10. The van der Waals surface area contributed by atoms with Gasteiger partial charge in [0.1, 0.15) is 32.9 Å². The number of anilines is 2. The first kappa shape index (κ1) is 21.8. The number of hydrogen-bond acceptors (Lipinski definition) is 8. The Morgan fingerprint density at radius 2 is 2.13 bits per heavy atom. The maximum atomic E-state index is 12.7. The predicted octanol–water partition coefficient (Wildman–Crippen LogP) is 3.06. The number of nitrogens with one attached hydrogen (secondary N) is 1. The standard InChI is InChI=1S/C20H21BrN6O2S/c1-27(2)7-6-25-19(28)17-16(23)15-14(10-4-5-13(29-3)12(21)8-10)11(9-22)18(24)26-20(15)30-17/h4-5,8H,6-7,23H2,1-3H3,(H2,24,26)(H,25,28). The second-order valence-electron chi connectivity index (χ2n) is 6.79. The fourth-order valence-corrected chi connectivity index (χ4v) is 4.60. The van der Waals surface area contributed by atoms with E-state index in [1.807, 2.05) is 31.1 Å². The van der Waals surface area contributed by atoms with Gasteiger partial charge in [-0.25, -0.2) is 4.98 Å². The van der Waals surface area contributed by atoms with Gasteiger partial charge in [-0.1, -0.05) is 6.07 Å². The van der Waals surface area contributed by atoms with Crippen LogP contribution in [0.25, 0.3) is 21.3 Å². The Kier molecular flexibility index (Phi) is 6.45. The second kappa shape index (κ2) is 8.87. The molecule has 8 nitrogen and oxygen atoms in total. The molecular weight excluding hydrogens is 468 g/mol. The zero-order valence-electron chi connectivity index (χ0n) is 16.7. The maximum absolute atomic E-state index is 12.7. The molecule has 0 saturated carbocycles. The molecule has 30 heavy (non-hydrogen) atoms. The summed E-state index contributed by atoms with van der Waals surface area (Å²) in [6.07, 6.45) is 0. The van der Waals surface area contributed by atoms with E-state index in [2.05, 4.69) is 32.3 Å². The molecule has 1 aromatic carbocycles. The number of benzene rings is 1. The molecule has 0 atom stereocenters. The van der Waals surface area contributed by atoms with Crippen LogP contribution in [0.1, 0.15) is 15.2 Å². The van der Waals surface area contributed by atoms with Crippen molar-refractivity contribution in [1.82, 2.24) is 15.2 Å². The van der Waals surface area contributed by atoms with Crippen LogP contribution in [0.15, 0.2) is 22.7 Å². The smallest absolute Gasteiger partial charge is 0.263 e. The number of carbonyl (C=O) groups is 1. The van der Waals surface area contributed by atoms with E-state index in [4.69, 9.17) is 16.2 Å². The molecule has 2 aromatic heterocycles. The number of rotatable bonds is 6. The average molecular weight is 489 g/mol. The number of pyridine rings is 1. The number of nitrogens with zero attached hydrogens (tertiary/aromatic N) is 3. The number of carbonyl (C=O) groups excluding carboxylic acids is 1. The number of likely N-dealkylation sites (N-methyl/N-ethyl adjacent to an activating group) is 1. The average Bonchev–Trinajstić information content (AvgIpc) is 3.02. The molecule has 10 heteroatoms. The van der Waals surface area contributed by atoms with Gasteiger partial charge in [0.15, 0.2) is 0 Å². The van der Waals surface area contributed by atoms with Crippen LogP contribution in [0.2, 0.25) is 0 Å². The maximum Gasteiger partial charge on any atom is 0.263 e. The first-order valence-corrected chi connectivity index (χ1v) is 10.6. The topological polar surface area (TPSA) is 130 Å². The minimum absolute atomic E-state index is 0.0905. The highest BCUT2D eigenvalue weighted by Crippen LogP contribution is 2.43. The van der Waals surface area contributed by atoms with E-state index < -0.39 is 0 Å². The molecule has 3 rings (SSSR count). The zero-order valence-corrected chi connectivity index (χ0v) is 19.1. The minimum atomic E-state index is -0.281. The lowest BCUT2D eigenvalue weighted by Crippen LogP contribution is -2.31. The summed E-state index contributed by atoms with van der Waals surface area (Å²) in [5, 5.41) is 13.1. The lowest BCUT2D eigenvalue weighted by Gasteiger charge is -2.12. The van der Waals surface area contributed by atoms with Gasteiger partial charge < -0.3 is 26.4 Å². The SMILES string of the molecule is COc1ccc(-c2c(C#N)c(N)nc3sc(C(=O)NCCN(C)C)c(N)c23)cc1Br. The summed E-state index contributed by atoms with van der Waals surface area (Å²) in [6.45, 7) is 1.18. The number of ether oxygens (including phenoxy) is 1. The molecule has 0 bridgehead atoms. The van der Waals surface area contributed by atoms with Crippen LogP contribution < -0.4 is 21.5 Å². The molecule has 0 aliphatic heterocycles. The summed E-state index contributed by atoms with van der Waals surface area (Å²) >= 11 is 4.63. The van der Waals surface area contributed by atoms with Gasteiger partial charge in [0.2, 0.25) is 0 Å². The first-order chi connectivity index (χ1) is 14.3. The van der Waals surface area contributed by atoms with Gasteiger partial charge >= 0.3 is 0 Å². The molecule has 156 valence electrons. The van der Waals surface area contributed by atoms with Crippen molar-refractivity contribution < 1.29 is 9.53 Å².